The number of likely N-dealkylation sites (tertiary alicyclic amines) is 1. The Balaban J connectivity index is 0.000000317. The van der Waals surface area contributed by atoms with Gasteiger partial charge in [-0.15, -0.1) is 11.3 Å². The van der Waals surface area contributed by atoms with Gasteiger partial charge in [-0.3, -0.25) is 14.7 Å². The van der Waals surface area contributed by atoms with Crippen LogP contribution in [0, 0.1) is 11.8 Å². The number of alkyl halides is 6. The molecule has 216 valence electrons. The lowest BCUT2D eigenvalue weighted by molar-refractivity contribution is -0.193. The molecule has 39 heavy (non-hydrogen) atoms. The van der Waals surface area contributed by atoms with Crippen LogP contribution in [-0.2, 0) is 25.7 Å². The molecular formula is C23H25F6N3O6S. The van der Waals surface area contributed by atoms with Gasteiger partial charge in [-0.25, -0.2) is 9.59 Å². The largest absolute Gasteiger partial charge is 0.490 e. The number of carboxylic acid groups (broad SMARTS) is 2. The Morgan fingerprint density at radius 3 is 2.23 bits per heavy atom. The number of rotatable bonds is 5. The Morgan fingerprint density at radius 1 is 1.08 bits per heavy atom. The predicted molar refractivity (Wildman–Crippen MR) is 126 cm³/mol. The quantitative estimate of drug-likeness (QED) is 0.444. The van der Waals surface area contributed by atoms with Gasteiger partial charge in [0.2, 0.25) is 5.91 Å². The van der Waals surface area contributed by atoms with Crippen molar-refractivity contribution >= 4 is 34.9 Å². The summed E-state index contributed by atoms with van der Waals surface area (Å²) in [5.74, 6) is -4.45. The van der Waals surface area contributed by atoms with Crippen molar-refractivity contribution in [3.05, 3.63) is 46.9 Å². The molecule has 0 radical (unpaired) electrons. The molecular weight excluding hydrogens is 560 g/mol. The van der Waals surface area contributed by atoms with Gasteiger partial charge in [-0.05, 0) is 42.5 Å². The highest BCUT2D eigenvalue weighted by molar-refractivity contribution is 7.09. The van der Waals surface area contributed by atoms with Crippen LogP contribution in [0.1, 0.15) is 17.7 Å². The third-order valence-corrected chi connectivity index (χ3v) is 6.52. The number of aliphatic carboxylic acids is 2. The number of aromatic nitrogens is 1. The monoisotopic (exact) mass is 585 g/mol. The van der Waals surface area contributed by atoms with Crippen LogP contribution in [0.4, 0.5) is 32.0 Å². The summed E-state index contributed by atoms with van der Waals surface area (Å²) in [6, 6.07) is 7.99. The lowest BCUT2D eigenvalue weighted by Crippen LogP contribution is -2.41. The van der Waals surface area contributed by atoms with Gasteiger partial charge in [0.1, 0.15) is 0 Å². The molecule has 3 N–H and O–H groups in total. The molecule has 0 aliphatic carbocycles. The maximum absolute atomic E-state index is 12.3. The number of piperidine rings is 1. The van der Waals surface area contributed by atoms with Crippen molar-refractivity contribution in [2.75, 3.05) is 25.0 Å². The average Bonchev–Trinajstić information content (AvgIpc) is 3.49. The highest BCUT2D eigenvalue weighted by Crippen LogP contribution is 2.36. The highest BCUT2D eigenvalue weighted by atomic mass is 32.1. The minimum absolute atomic E-state index is 0.0136. The van der Waals surface area contributed by atoms with E-state index < -0.39 is 24.3 Å². The zero-order valence-electron chi connectivity index (χ0n) is 20.1. The number of hydrogen-bond donors (Lipinski definition) is 3. The van der Waals surface area contributed by atoms with E-state index in [4.69, 9.17) is 24.5 Å². The molecule has 2 saturated heterocycles. The first-order chi connectivity index (χ1) is 18.2. The molecule has 0 bridgehead atoms. The van der Waals surface area contributed by atoms with Crippen LogP contribution in [0.2, 0.25) is 0 Å². The highest BCUT2D eigenvalue weighted by Gasteiger charge is 2.41. The van der Waals surface area contributed by atoms with Crippen molar-refractivity contribution < 1.29 is 55.7 Å². The SMILES string of the molecule is O=C(C[C@@H]1OC[C@H]2CN(Cc3cccs3)CC[C@H]21)Nc1cccnc1.O=C(O)C(F)(F)F.O=C(O)C(F)(F)F. The summed E-state index contributed by atoms with van der Waals surface area (Å²) < 4.78 is 69.5. The molecule has 2 aliphatic rings. The lowest BCUT2D eigenvalue weighted by atomic mass is 9.83. The number of nitrogens with one attached hydrogen (secondary N) is 1. The van der Waals surface area contributed by atoms with Gasteiger partial charge in [0.25, 0.3) is 0 Å². The molecule has 0 unspecified atom stereocenters. The second-order valence-electron chi connectivity index (χ2n) is 8.50. The smallest absolute Gasteiger partial charge is 0.475 e. The van der Waals surface area contributed by atoms with Gasteiger partial charge in [0.15, 0.2) is 0 Å². The van der Waals surface area contributed by atoms with Gasteiger partial charge < -0.3 is 20.3 Å². The summed E-state index contributed by atoms with van der Waals surface area (Å²) in [6.07, 6.45) is -5.21. The van der Waals surface area contributed by atoms with Crippen molar-refractivity contribution in [3.8, 4) is 0 Å². The lowest BCUT2D eigenvalue weighted by Gasteiger charge is -2.35. The van der Waals surface area contributed by atoms with Crippen LogP contribution in [0.15, 0.2) is 42.0 Å². The van der Waals surface area contributed by atoms with Crippen LogP contribution in [-0.4, -0.2) is 76.1 Å². The zero-order valence-corrected chi connectivity index (χ0v) is 20.9. The Kier molecular flexibility index (Phi) is 11.7. The van der Waals surface area contributed by atoms with Gasteiger partial charge in [-0.2, -0.15) is 26.3 Å². The van der Waals surface area contributed by atoms with Gasteiger partial charge in [0, 0.05) is 30.1 Å². The second kappa shape index (κ2) is 14.2. The number of carbonyl (C=O) groups excluding carboxylic acids is 1. The molecule has 4 heterocycles. The molecule has 0 saturated carbocycles. The van der Waals surface area contributed by atoms with Crippen molar-refractivity contribution in [1.29, 1.82) is 0 Å². The van der Waals surface area contributed by atoms with Crippen molar-refractivity contribution in [1.82, 2.24) is 9.88 Å². The van der Waals surface area contributed by atoms with E-state index in [0.29, 0.717) is 18.3 Å². The van der Waals surface area contributed by atoms with E-state index in [2.05, 4.69) is 32.7 Å². The molecule has 2 aliphatic heterocycles. The van der Waals surface area contributed by atoms with E-state index in [-0.39, 0.29) is 12.0 Å². The molecule has 2 aromatic heterocycles. The number of fused-ring (bicyclic) bond motifs is 1. The molecule has 1 amide bonds. The fraction of sp³-hybridized carbons (Fsp3) is 0.478. The molecule has 2 aromatic rings. The first-order valence-corrected chi connectivity index (χ1v) is 12.2. The number of thiophene rings is 1. The molecule has 9 nitrogen and oxygen atoms in total. The van der Waals surface area contributed by atoms with Crippen molar-refractivity contribution in [2.24, 2.45) is 11.8 Å². The minimum Gasteiger partial charge on any atom is -0.475 e. The number of carboxylic acids is 2. The fourth-order valence-corrected chi connectivity index (χ4v) is 4.72. The second-order valence-corrected chi connectivity index (χ2v) is 9.53. The van der Waals surface area contributed by atoms with E-state index in [9.17, 15) is 31.1 Å². The van der Waals surface area contributed by atoms with E-state index in [1.807, 2.05) is 23.5 Å². The Morgan fingerprint density at radius 2 is 1.72 bits per heavy atom. The van der Waals surface area contributed by atoms with Crippen LogP contribution in [0.5, 0.6) is 0 Å². The predicted octanol–water partition coefficient (Wildman–Crippen LogP) is 4.28. The van der Waals surface area contributed by atoms with Gasteiger partial charge >= 0.3 is 24.3 Å². The number of ether oxygens (including phenoxy) is 1. The summed E-state index contributed by atoms with van der Waals surface area (Å²) >= 11 is 1.82. The van der Waals surface area contributed by atoms with Crippen LogP contribution < -0.4 is 5.32 Å². The summed E-state index contributed by atoms with van der Waals surface area (Å²) in [6.45, 7) is 3.97. The fourth-order valence-electron chi connectivity index (χ4n) is 3.97. The van der Waals surface area contributed by atoms with Crippen molar-refractivity contribution in [2.45, 2.75) is 37.8 Å². The number of nitrogens with zero attached hydrogens (tertiary/aromatic N) is 2. The van der Waals surface area contributed by atoms with E-state index >= 15 is 0 Å². The first-order valence-electron chi connectivity index (χ1n) is 11.3. The summed E-state index contributed by atoms with van der Waals surface area (Å²) in [5.41, 5.74) is 0.743. The van der Waals surface area contributed by atoms with Crippen LogP contribution in [0.25, 0.3) is 0 Å². The summed E-state index contributed by atoms with van der Waals surface area (Å²) in [4.78, 5) is 38.0. The maximum atomic E-state index is 12.3. The molecule has 0 aromatic carbocycles. The van der Waals surface area contributed by atoms with E-state index in [0.717, 1.165) is 38.3 Å². The molecule has 16 heteroatoms. The van der Waals surface area contributed by atoms with Crippen molar-refractivity contribution in [3.63, 3.8) is 0 Å². The van der Waals surface area contributed by atoms with Crippen LogP contribution in [0.3, 0.4) is 0 Å². The first kappa shape index (κ1) is 32.0. The number of halogens is 6. The molecule has 4 rings (SSSR count). The summed E-state index contributed by atoms with van der Waals surface area (Å²) in [7, 11) is 0. The minimum atomic E-state index is -5.08. The number of carbonyl (C=O) groups is 3. The Hall–Kier alpha value is -3.24. The topological polar surface area (TPSA) is 129 Å². The molecule has 2 fully saturated rings. The zero-order chi connectivity index (χ0) is 29.2. The number of amides is 1. The third-order valence-electron chi connectivity index (χ3n) is 5.66. The van der Waals surface area contributed by atoms with E-state index in [1.54, 1.807) is 12.4 Å². The Labute approximate surface area is 222 Å². The Bertz CT molecular complexity index is 1040. The van der Waals surface area contributed by atoms with Gasteiger partial charge in [-0.1, -0.05) is 6.07 Å². The number of anilines is 1. The average molecular weight is 586 g/mol. The summed E-state index contributed by atoms with van der Waals surface area (Å²) in [5, 5.41) is 19.3. The molecule has 0 spiro atoms. The molecule has 3 atom stereocenters. The number of pyridine rings is 1. The number of hydrogen-bond acceptors (Lipinski definition) is 7. The normalized spacial score (nSPS) is 20.9. The maximum Gasteiger partial charge on any atom is 0.490 e. The standard InChI is InChI=1S/C19H23N3O2S.2C2HF3O2/c23-19(21-15-3-1-6-20-10-15)9-18-17-5-7-22(11-14(17)13-24-18)12-16-4-2-8-25-16;2*3-2(4,5)1(6)7/h1-4,6,8,10,14,17-18H,5,7,9,11-13H2,(H,21,23);2*(H,6,7)/t14-,17-,18+;;/m1../s1. The van der Waals surface area contributed by atoms with Gasteiger partial charge in [0.05, 0.1) is 31.0 Å². The third kappa shape index (κ3) is 11.2. The van der Waals surface area contributed by atoms with Crippen LogP contribution >= 0.6 is 11.3 Å². The van der Waals surface area contributed by atoms with E-state index in [1.165, 1.54) is 4.88 Å².